The number of para-hydroxylation sites is 1. The Kier molecular flexibility index (Phi) is 4.80. The van der Waals surface area contributed by atoms with E-state index in [1.807, 2.05) is 47.4 Å². The molecule has 0 bridgehead atoms. The molecule has 1 amide bonds. The highest BCUT2D eigenvalue weighted by atomic mass is 35.5. The second kappa shape index (κ2) is 7.62. The van der Waals surface area contributed by atoms with Crippen molar-refractivity contribution in [3.8, 4) is 11.3 Å². The Hall–Kier alpha value is -3.11. The van der Waals surface area contributed by atoms with Crippen LogP contribution in [-0.4, -0.2) is 28.2 Å². The lowest BCUT2D eigenvalue weighted by Crippen LogP contribution is -2.30. The number of fused-ring (bicyclic) bond motifs is 2. The molecule has 0 saturated carbocycles. The van der Waals surface area contributed by atoms with Crippen LogP contribution in [0.3, 0.4) is 0 Å². The molecule has 2 heterocycles. The van der Waals surface area contributed by atoms with Crippen LogP contribution in [-0.2, 0) is 0 Å². The van der Waals surface area contributed by atoms with Crippen LogP contribution in [0, 0.1) is 5.82 Å². The summed E-state index contributed by atoms with van der Waals surface area (Å²) in [6.45, 7) is 0.573. The molecule has 1 aromatic heterocycles. The number of aromatic nitrogens is 1. The highest BCUT2D eigenvalue weighted by Gasteiger charge is 2.39. The van der Waals surface area contributed by atoms with Crippen molar-refractivity contribution >= 4 is 28.4 Å². The molecule has 4 aromatic rings. The van der Waals surface area contributed by atoms with Crippen LogP contribution >= 0.6 is 11.6 Å². The minimum Gasteiger partial charge on any atom is -0.354 e. The summed E-state index contributed by atoms with van der Waals surface area (Å²) < 4.78 is 13.6. The van der Waals surface area contributed by atoms with Gasteiger partial charge < -0.3 is 9.88 Å². The summed E-state index contributed by atoms with van der Waals surface area (Å²) in [5, 5.41) is 1.06. The largest absolute Gasteiger partial charge is 0.354 e. The molecule has 5 rings (SSSR count). The van der Waals surface area contributed by atoms with Crippen molar-refractivity contribution in [1.29, 1.82) is 0 Å². The van der Waals surface area contributed by atoms with Gasteiger partial charge >= 0.3 is 0 Å². The van der Waals surface area contributed by atoms with E-state index >= 15 is 0 Å². The van der Waals surface area contributed by atoms with E-state index in [9.17, 15) is 9.18 Å². The number of rotatable bonds is 5. The van der Waals surface area contributed by atoms with Crippen molar-refractivity contribution in [2.24, 2.45) is 0 Å². The Morgan fingerprint density at radius 1 is 0.967 bits per heavy atom. The predicted molar refractivity (Wildman–Crippen MR) is 118 cm³/mol. The zero-order chi connectivity index (χ0) is 20.7. The normalized spacial score (nSPS) is 15.7. The molecule has 0 aliphatic carbocycles. The number of hydrogen-bond donors (Lipinski definition) is 1. The van der Waals surface area contributed by atoms with Crippen molar-refractivity contribution in [2.45, 2.75) is 12.5 Å². The summed E-state index contributed by atoms with van der Waals surface area (Å²) in [7, 11) is 0. The van der Waals surface area contributed by atoms with Crippen molar-refractivity contribution in [2.75, 3.05) is 12.4 Å². The molecule has 3 nitrogen and oxygen atoms in total. The quantitative estimate of drug-likeness (QED) is 0.388. The van der Waals surface area contributed by atoms with Gasteiger partial charge in [0.2, 0.25) is 0 Å². The SMILES string of the molecule is O=C1c2ccccc2[C@H](c2c(-c3ccc(F)cc3)[nH]c3ccccc23)N1CCCCl. The van der Waals surface area contributed by atoms with Crippen LogP contribution in [0.5, 0.6) is 0 Å². The number of benzene rings is 3. The average Bonchev–Trinajstić information content (AvgIpc) is 3.28. The number of amides is 1. The lowest BCUT2D eigenvalue weighted by Gasteiger charge is -2.26. The molecule has 150 valence electrons. The summed E-state index contributed by atoms with van der Waals surface area (Å²) >= 11 is 5.97. The van der Waals surface area contributed by atoms with E-state index in [1.54, 1.807) is 12.1 Å². The first kappa shape index (κ1) is 18.9. The highest BCUT2D eigenvalue weighted by Crippen LogP contribution is 2.45. The van der Waals surface area contributed by atoms with Gasteiger partial charge in [-0.05, 0) is 53.9 Å². The predicted octanol–water partition coefficient (Wildman–Crippen LogP) is 6.15. The molecule has 30 heavy (non-hydrogen) atoms. The number of carbonyl (C=O) groups excluding carboxylic acids is 1. The van der Waals surface area contributed by atoms with Crippen molar-refractivity contribution in [1.82, 2.24) is 9.88 Å². The maximum Gasteiger partial charge on any atom is 0.255 e. The van der Waals surface area contributed by atoms with Gasteiger partial charge in [0.1, 0.15) is 5.82 Å². The van der Waals surface area contributed by atoms with Gasteiger partial charge in [0, 0.05) is 34.5 Å². The fraction of sp³-hybridized carbons (Fsp3) is 0.160. The fourth-order valence-corrected chi connectivity index (χ4v) is 4.55. The van der Waals surface area contributed by atoms with Gasteiger partial charge in [0.15, 0.2) is 0 Å². The third kappa shape index (κ3) is 2.99. The van der Waals surface area contributed by atoms with Crippen molar-refractivity contribution < 1.29 is 9.18 Å². The lowest BCUT2D eigenvalue weighted by atomic mass is 9.93. The molecule has 1 aliphatic rings. The zero-order valence-corrected chi connectivity index (χ0v) is 17.0. The van der Waals surface area contributed by atoms with Crippen LogP contribution in [0.15, 0.2) is 72.8 Å². The Balaban J connectivity index is 1.77. The molecule has 0 unspecified atom stereocenters. The Morgan fingerprint density at radius 3 is 2.50 bits per heavy atom. The molecule has 5 heteroatoms. The third-order valence-corrected chi connectivity index (χ3v) is 6.01. The average molecular weight is 419 g/mol. The zero-order valence-electron chi connectivity index (χ0n) is 16.2. The number of alkyl halides is 1. The standard InChI is InChI=1S/C25H20ClFN2O/c26-14-5-15-29-24(18-6-1-2-7-19(18)25(29)30)22-20-8-3-4-9-21(20)28-23(22)16-10-12-17(27)13-11-16/h1-4,6-13,24,28H,5,14-15H2/t24-/m1/s1. The van der Waals surface area contributed by atoms with E-state index in [2.05, 4.69) is 11.1 Å². The maximum absolute atomic E-state index is 13.6. The Morgan fingerprint density at radius 2 is 1.70 bits per heavy atom. The van der Waals surface area contributed by atoms with Crippen LogP contribution in [0.25, 0.3) is 22.2 Å². The Bertz CT molecular complexity index is 1230. The number of aromatic amines is 1. The van der Waals surface area contributed by atoms with Gasteiger partial charge in [-0.15, -0.1) is 11.6 Å². The molecular weight excluding hydrogens is 399 g/mol. The topological polar surface area (TPSA) is 36.1 Å². The van der Waals surface area contributed by atoms with Gasteiger partial charge in [-0.1, -0.05) is 36.4 Å². The molecular formula is C25H20ClFN2O. The smallest absolute Gasteiger partial charge is 0.255 e. The number of nitrogens with one attached hydrogen (secondary N) is 1. The second-order valence-corrected chi connectivity index (χ2v) is 7.87. The van der Waals surface area contributed by atoms with Gasteiger partial charge in [-0.25, -0.2) is 4.39 Å². The molecule has 3 aromatic carbocycles. The third-order valence-electron chi connectivity index (χ3n) is 5.74. The van der Waals surface area contributed by atoms with Crippen molar-refractivity contribution in [3.63, 3.8) is 0 Å². The minimum atomic E-state index is -0.276. The van der Waals surface area contributed by atoms with E-state index in [4.69, 9.17) is 11.6 Å². The molecule has 1 atom stereocenters. The first-order chi connectivity index (χ1) is 14.7. The fourth-order valence-electron chi connectivity index (χ4n) is 4.43. The van der Waals surface area contributed by atoms with Crippen molar-refractivity contribution in [3.05, 3.63) is 95.3 Å². The molecule has 1 aliphatic heterocycles. The number of nitrogens with zero attached hydrogens (tertiary/aromatic N) is 1. The number of H-pyrrole nitrogens is 1. The van der Waals surface area contributed by atoms with E-state index < -0.39 is 0 Å². The summed E-state index contributed by atoms with van der Waals surface area (Å²) in [6.07, 6.45) is 0.714. The van der Waals surface area contributed by atoms with E-state index in [1.165, 1.54) is 12.1 Å². The molecule has 0 fully saturated rings. The van der Waals surface area contributed by atoms with Gasteiger partial charge in [0.25, 0.3) is 5.91 Å². The maximum atomic E-state index is 13.6. The van der Waals surface area contributed by atoms with Crippen LogP contribution in [0.2, 0.25) is 0 Å². The Labute approximate surface area is 179 Å². The number of halogens is 2. The molecule has 0 saturated heterocycles. The first-order valence-corrected chi connectivity index (χ1v) is 10.5. The summed E-state index contributed by atoms with van der Waals surface area (Å²) in [4.78, 5) is 18.7. The van der Waals surface area contributed by atoms with E-state index in [-0.39, 0.29) is 17.8 Å². The van der Waals surface area contributed by atoms with Gasteiger partial charge in [-0.2, -0.15) is 0 Å². The summed E-state index contributed by atoms with van der Waals surface area (Å²) in [6, 6.07) is 22.1. The van der Waals surface area contributed by atoms with E-state index in [0.29, 0.717) is 18.8 Å². The summed E-state index contributed by atoms with van der Waals surface area (Å²) in [5.74, 6) is 0.239. The molecule has 0 spiro atoms. The van der Waals surface area contributed by atoms with Crippen LogP contribution in [0.1, 0.15) is 33.9 Å². The minimum absolute atomic E-state index is 0.0241. The lowest BCUT2D eigenvalue weighted by molar-refractivity contribution is 0.0751. The van der Waals surface area contributed by atoms with Gasteiger partial charge in [-0.3, -0.25) is 4.79 Å². The molecule has 0 radical (unpaired) electrons. The van der Waals surface area contributed by atoms with Crippen LogP contribution in [0.4, 0.5) is 4.39 Å². The monoisotopic (exact) mass is 418 g/mol. The van der Waals surface area contributed by atoms with E-state index in [0.717, 1.165) is 38.9 Å². The number of hydrogen-bond acceptors (Lipinski definition) is 1. The van der Waals surface area contributed by atoms with Crippen LogP contribution < -0.4 is 0 Å². The van der Waals surface area contributed by atoms with Gasteiger partial charge in [0.05, 0.1) is 11.7 Å². The second-order valence-electron chi connectivity index (χ2n) is 7.50. The highest BCUT2D eigenvalue weighted by molar-refractivity contribution is 6.17. The molecule has 1 N–H and O–H groups in total. The number of carbonyl (C=O) groups is 1. The summed E-state index contributed by atoms with van der Waals surface area (Å²) in [5.41, 5.74) is 5.53. The first-order valence-electron chi connectivity index (χ1n) is 10.0.